The molecule has 0 radical (unpaired) electrons. The Morgan fingerprint density at radius 3 is 2.44 bits per heavy atom. The number of carboxylic acids is 1. The number of rotatable bonds is 8. The largest absolute Gasteiger partial charge is 0.481 e. The van der Waals surface area contributed by atoms with Crippen LogP contribution in [0.15, 0.2) is 34.9 Å². The van der Waals surface area contributed by atoms with Gasteiger partial charge in [-0.3, -0.25) is 4.79 Å². The predicted octanol–water partition coefficient (Wildman–Crippen LogP) is 3.48. The lowest BCUT2D eigenvalue weighted by Crippen LogP contribution is -2.60. The summed E-state index contributed by atoms with van der Waals surface area (Å²) in [5, 5.41) is 63.0. The number of carbonyl (C=O) groups is 1. The lowest BCUT2D eigenvalue weighted by molar-refractivity contribution is -0.310. The van der Waals surface area contributed by atoms with Crippen LogP contribution in [0.25, 0.3) is 0 Å². The van der Waals surface area contributed by atoms with E-state index in [4.69, 9.17) is 9.47 Å². The molecule has 5 aliphatic rings. The highest BCUT2D eigenvalue weighted by Crippen LogP contribution is 2.67. The molecule has 1 saturated heterocycles. The van der Waals surface area contributed by atoms with Gasteiger partial charge in [0.2, 0.25) is 0 Å². The first kappa shape index (κ1) is 32.8. The fraction of sp³-hybridized carbons (Fsp3) is 0.794. The zero-order chi connectivity index (χ0) is 31.4. The van der Waals surface area contributed by atoms with E-state index in [2.05, 4.69) is 40.3 Å². The van der Waals surface area contributed by atoms with Gasteiger partial charge in [0.15, 0.2) is 6.29 Å². The molecule has 1 heterocycles. The minimum absolute atomic E-state index is 0.0228. The normalized spacial score (nSPS) is 45.2. The van der Waals surface area contributed by atoms with E-state index >= 15 is 0 Å². The first-order valence-electron chi connectivity index (χ1n) is 16.2. The lowest BCUT2D eigenvalue weighted by Gasteiger charge is -2.56. The highest BCUT2D eigenvalue weighted by atomic mass is 16.7. The Labute approximate surface area is 255 Å². The molecule has 5 rings (SSSR count). The first-order valence-corrected chi connectivity index (χ1v) is 16.2. The maximum Gasteiger partial charge on any atom is 0.316 e. The number of aliphatic hydroxyl groups is 5. The molecule has 0 amide bonds. The van der Waals surface area contributed by atoms with Crippen LogP contribution in [0.3, 0.4) is 0 Å². The predicted molar refractivity (Wildman–Crippen MR) is 160 cm³/mol. The Morgan fingerprint density at radius 2 is 1.79 bits per heavy atom. The number of fused-ring (bicyclic) bond motifs is 4. The zero-order valence-corrected chi connectivity index (χ0v) is 26.1. The molecule has 0 aromatic rings. The van der Waals surface area contributed by atoms with Gasteiger partial charge in [-0.2, -0.15) is 0 Å². The summed E-state index contributed by atoms with van der Waals surface area (Å²) >= 11 is 0. The van der Waals surface area contributed by atoms with Gasteiger partial charge in [0.25, 0.3) is 0 Å². The highest BCUT2D eigenvalue weighted by Gasteiger charge is 2.66. The molecule has 1 aliphatic heterocycles. The minimum Gasteiger partial charge on any atom is -0.481 e. The van der Waals surface area contributed by atoms with Gasteiger partial charge in [-0.05, 0) is 106 Å². The maximum atomic E-state index is 13.3. The Hall–Kier alpha value is -1.59. The van der Waals surface area contributed by atoms with E-state index in [1.807, 2.05) is 0 Å². The summed E-state index contributed by atoms with van der Waals surface area (Å²) in [6.45, 7) is 12.5. The topological polar surface area (TPSA) is 157 Å². The van der Waals surface area contributed by atoms with Crippen LogP contribution in [-0.2, 0) is 14.3 Å². The van der Waals surface area contributed by atoms with Crippen LogP contribution in [0.1, 0.15) is 85.5 Å². The van der Waals surface area contributed by atoms with Crippen molar-refractivity contribution in [2.24, 2.45) is 34.5 Å². The third-order valence-electron chi connectivity index (χ3n) is 12.0. The number of carboxylic acid groups (broad SMARTS) is 1. The van der Waals surface area contributed by atoms with Crippen LogP contribution < -0.4 is 0 Å². The monoisotopic (exact) mass is 604 g/mol. The van der Waals surface area contributed by atoms with E-state index in [1.54, 1.807) is 0 Å². The van der Waals surface area contributed by atoms with Crippen LogP contribution >= 0.6 is 0 Å². The van der Waals surface area contributed by atoms with Crippen LogP contribution in [0.4, 0.5) is 0 Å². The first-order chi connectivity index (χ1) is 20.3. The molecule has 242 valence electrons. The van der Waals surface area contributed by atoms with Gasteiger partial charge in [-0.1, -0.05) is 43.2 Å². The Morgan fingerprint density at radius 1 is 1.09 bits per heavy atom. The van der Waals surface area contributed by atoms with Crippen molar-refractivity contribution in [1.82, 2.24) is 0 Å². The number of aliphatic hydroxyl groups excluding tert-OH is 5. The van der Waals surface area contributed by atoms with Gasteiger partial charge in [0.05, 0.1) is 18.8 Å². The number of hydrogen-bond acceptors (Lipinski definition) is 8. The van der Waals surface area contributed by atoms with Gasteiger partial charge in [0, 0.05) is 0 Å². The summed E-state index contributed by atoms with van der Waals surface area (Å²) in [6.07, 6.45) is 0.726. The number of ether oxygens (including phenoxy) is 2. The molecule has 4 aliphatic carbocycles. The fourth-order valence-electron chi connectivity index (χ4n) is 9.73. The molecule has 6 N–H and O–H groups in total. The molecule has 3 fully saturated rings. The van der Waals surface area contributed by atoms with Crippen molar-refractivity contribution in [3.8, 4) is 0 Å². The maximum absolute atomic E-state index is 13.3. The van der Waals surface area contributed by atoms with Crippen molar-refractivity contribution in [3.05, 3.63) is 34.9 Å². The molecule has 0 aromatic carbocycles. The third kappa shape index (κ3) is 5.27. The average Bonchev–Trinajstić information content (AvgIpc) is 3.28. The second kappa shape index (κ2) is 12.3. The van der Waals surface area contributed by atoms with E-state index in [1.165, 1.54) is 11.1 Å². The molecular weight excluding hydrogens is 552 g/mol. The van der Waals surface area contributed by atoms with E-state index < -0.39 is 60.9 Å². The molecule has 9 heteroatoms. The van der Waals surface area contributed by atoms with Gasteiger partial charge < -0.3 is 40.1 Å². The summed E-state index contributed by atoms with van der Waals surface area (Å²) in [6, 6.07) is 0. The Bertz CT molecular complexity index is 1140. The molecule has 0 aromatic heterocycles. The Balaban J connectivity index is 1.39. The van der Waals surface area contributed by atoms with Crippen molar-refractivity contribution in [2.75, 3.05) is 6.61 Å². The van der Waals surface area contributed by atoms with Crippen molar-refractivity contribution < 1.29 is 44.9 Å². The second-order valence-electron chi connectivity index (χ2n) is 14.5. The summed E-state index contributed by atoms with van der Waals surface area (Å²) < 4.78 is 11.8. The van der Waals surface area contributed by atoms with Crippen LogP contribution in [0, 0.1) is 34.5 Å². The van der Waals surface area contributed by atoms with E-state index in [9.17, 15) is 35.4 Å². The van der Waals surface area contributed by atoms with Crippen LogP contribution in [0.5, 0.6) is 0 Å². The molecule has 0 bridgehead atoms. The molecular formula is C34H52O9. The summed E-state index contributed by atoms with van der Waals surface area (Å²) in [4.78, 5) is 13.3. The van der Waals surface area contributed by atoms with Crippen molar-refractivity contribution in [1.29, 1.82) is 0 Å². The SMILES string of the molecule is C=C1[C@@H](O[C@H]2O[C@H](CO)[C@@H](O)[C@H](O)[C@H]2O)CC[C@]2(C)C3=C(CC[C@@H]12)[C@@]1(C(=O)O)[C@H](CC3)[C@@H]([C@H](C)CCC=C(C)C)C[C@@H]1O. The summed E-state index contributed by atoms with van der Waals surface area (Å²) in [7, 11) is 0. The van der Waals surface area contributed by atoms with Gasteiger partial charge >= 0.3 is 5.97 Å². The van der Waals surface area contributed by atoms with Crippen LogP contribution in [0.2, 0.25) is 0 Å². The van der Waals surface area contributed by atoms with Crippen molar-refractivity contribution in [3.63, 3.8) is 0 Å². The molecule has 0 unspecified atom stereocenters. The molecule has 43 heavy (non-hydrogen) atoms. The van der Waals surface area contributed by atoms with Crippen molar-refractivity contribution in [2.45, 2.75) is 128 Å². The summed E-state index contributed by atoms with van der Waals surface area (Å²) in [5.41, 5.74) is 2.68. The zero-order valence-electron chi connectivity index (χ0n) is 26.1. The Kier molecular flexibility index (Phi) is 9.39. The molecule has 9 nitrogen and oxygen atoms in total. The van der Waals surface area contributed by atoms with Crippen LogP contribution in [-0.4, -0.2) is 86.1 Å². The standard InChI is InChI=1S/C34H52O9/c1-17(2)7-6-8-18(3)20-15-27(36)34(32(40)41)22(20)10-11-23-24(34)12-9-21-19(4)25(13-14-33(21,23)5)42-31-30(39)29(38)28(37)26(16-35)43-31/h7,18,20-22,25-31,35-39H,4,6,8-16H2,1-3,5H3,(H,40,41)/t18-,20-,21+,22-,25+,26-,27+,28-,29+,30-,31+,33+,34+/m1/s1. The highest BCUT2D eigenvalue weighted by molar-refractivity contribution is 5.82. The average molecular weight is 605 g/mol. The third-order valence-corrected chi connectivity index (χ3v) is 12.0. The van der Waals surface area contributed by atoms with E-state index in [0.29, 0.717) is 31.6 Å². The van der Waals surface area contributed by atoms with Gasteiger partial charge in [-0.15, -0.1) is 0 Å². The van der Waals surface area contributed by atoms with E-state index in [0.717, 1.165) is 43.3 Å². The molecule has 2 saturated carbocycles. The number of hydrogen-bond donors (Lipinski definition) is 6. The fourth-order valence-corrected chi connectivity index (χ4v) is 9.73. The number of allylic oxidation sites excluding steroid dienone is 3. The number of aliphatic carboxylic acids is 1. The minimum atomic E-state index is -1.51. The van der Waals surface area contributed by atoms with Gasteiger partial charge in [0.1, 0.15) is 29.8 Å². The molecule has 13 atom stereocenters. The van der Waals surface area contributed by atoms with Crippen molar-refractivity contribution >= 4 is 5.97 Å². The van der Waals surface area contributed by atoms with Gasteiger partial charge in [-0.25, -0.2) is 0 Å². The summed E-state index contributed by atoms with van der Waals surface area (Å²) in [5.74, 6) is -0.477. The quantitative estimate of drug-likeness (QED) is 0.228. The molecule has 0 spiro atoms. The smallest absolute Gasteiger partial charge is 0.316 e. The second-order valence-corrected chi connectivity index (χ2v) is 14.5. The lowest BCUT2D eigenvalue weighted by atomic mass is 9.49. The van der Waals surface area contributed by atoms with E-state index in [-0.39, 0.29) is 23.2 Å².